The zero-order valence-electron chi connectivity index (χ0n) is 14.9. The van der Waals surface area contributed by atoms with Gasteiger partial charge >= 0.3 is 5.97 Å². The van der Waals surface area contributed by atoms with Gasteiger partial charge < -0.3 is 19.5 Å². The third-order valence-corrected chi connectivity index (χ3v) is 4.90. The molecule has 0 bridgehead atoms. The second kappa shape index (κ2) is 7.31. The molecule has 1 fully saturated rings. The maximum atomic E-state index is 12.4. The van der Waals surface area contributed by atoms with Gasteiger partial charge in [0.05, 0.1) is 12.0 Å². The van der Waals surface area contributed by atoms with Gasteiger partial charge in [-0.25, -0.2) is 0 Å². The first-order chi connectivity index (χ1) is 13.2. The number of benzene rings is 2. The van der Waals surface area contributed by atoms with E-state index in [1.807, 2.05) is 54.6 Å². The normalized spacial score (nSPS) is 19.0. The summed E-state index contributed by atoms with van der Waals surface area (Å²) in [7, 11) is 0. The Balaban J connectivity index is 1.23. The number of para-hydroxylation sites is 2. The van der Waals surface area contributed by atoms with Crippen molar-refractivity contribution in [3.63, 3.8) is 0 Å². The fourth-order valence-electron chi connectivity index (χ4n) is 3.20. The van der Waals surface area contributed by atoms with Crippen LogP contribution in [0.4, 0.5) is 0 Å². The molecule has 1 saturated carbocycles. The van der Waals surface area contributed by atoms with Crippen molar-refractivity contribution in [2.45, 2.75) is 24.4 Å². The molecule has 1 aliphatic carbocycles. The summed E-state index contributed by atoms with van der Waals surface area (Å²) in [5.74, 6) is 0.669. The Kier molecular flexibility index (Phi) is 4.71. The summed E-state index contributed by atoms with van der Waals surface area (Å²) in [5, 5.41) is 2.73. The van der Waals surface area contributed by atoms with Crippen LogP contribution in [0.2, 0.25) is 0 Å². The van der Waals surface area contributed by atoms with E-state index in [4.69, 9.17) is 14.2 Å². The number of hydrogen-bond acceptors (Lipinski definition) is 5. The Bertz CT molecular complexity index is 831. The number of amides is 1. The smallest absolute Gasteiger partial charge is 0.317 e. The molecule has 2 aliphatic rings. The Morgan fingerprint density at radius 1 is 1.04 bits per heavy atom. The fourth-order valence-corrected chi connectivity index (χ4v) is 3.20. The number of fused-ring (bicyclic) bond motifs is 1. The monoisotopic (exact) mass is 367 g/mol. The third kappa shape index (κ3) is 3.74. The average molecular weight is 367 g/mol. The van der Waals surface area contributed by atoms with Crippen LogP contribution in [0.25, 0.3) is 0 Å². The lowest BCUT2D eigenvalue weighted by Crippen LogP contribution is -2.42. The maximum Gasteiger partial charge on any atom is 0.317 e. The van der Waals surface area contributed by atoms with E-state index in [0.717, 1.165) is 18.4 Å². The van der Waals surface area contributed by atoms with Gasteiger partial charge in [-0.2, -0.15) is 0 Å². The van der Waals surface area contributed by atoms with Crippen LogP contribution in [-0.4, -0.2) is 37.7 Å². The van der Waals surface area contributed by atoms with Gasteiger partial charge in [-0.15, -0.1) is 0 Å². The molecule has 0 saturated heterocycles. The van der Waals surface area contributed by atoms with Gasteiger partial charge in [0.25, 0.3) is 5.91 Å². The minimum atomic E-state index is -0.578. The van der Waals surface area contributed by atoms with Crippen molar-refractivity contribution >= 4 is 11.9 Å². The summed E-state index contributed by atoms with van der Waals surface area (Å²) in [6.07, 6.45) is 1.23. The summed E-state index contributed by atoms with van der Waals surface area (Å²) in [5.41, 5.74) is 0.368. The number of carbonyl (C=O) groups is 2. The standard InChI is InChI=1S/C21H21NO5/c23-19(22-12-16-13-25-17-8-4-5-9-18(17)27-16)14-26-20(24)21(10-11-21)15-6-2-1-3-7-15/h1-9,16H,10-14H2,(H,22,23). The van der Waals surface area contributed by atoms with Gasteiger partial charge in [-0.1, -0.05) is 42.5 Å². The number of rotatable bonds is 6. The largest absolute Gasteiger partial charge is 0.486 e. The summed E-state index contributed by atoms with van der Waals surface area (Å²) in [4.78, 5) is 24.5. The van der Waals surface area contributed by atoms with Crippen LogP contribution < -0.4 is 14.8 Å². The minimum Gasteiger partial charge on any atom is -0.486 e. The third-order valence-electron chi connectivity index (χ3n) is 4.90. The highest BCUT2D eigenvalue weighted by Crippen LogP contribution is 2.49. The summed E-state index contributed by atoms with van der Waals surface area (Å²) in [6, 6.07) is 17.0. The molecular formula is C21H21NO5. The molecule has 1 atom stereocenters. The van der Waals surface area contributed by atoms with Gasteiger partial charge in [-0.05, 0) is 30.5 Å². The van der Waals surface area contributed by atoms with E-state index in [1.165, 1.54) is 0 Å². The fraction of sp³-hybridized carbons (Fsp3) is 0.333. The minimum absolute atomic E-state index is 0.279. The van der Waals surface area contributed by atoms with Crippen LogP contribution in [0.1, 0.15) is 18.4 Å². The van der Waals surface area contributed by atoms with Crippen LogP contribution >= 0.6 is 0 Å². The molecule has 1 N–H and O–H groups in total. The van der Waals surface area contributed by atoms with Crippen molar-refractivity contribution in [2.24, 2.45) is 0 Å². The second-order valence-corrected chi connectivity index (χ2v) is 6.83. The molecule has 1 unspecified atom stereocenters. The number of hydrogen-bond donors (Lipinski definition) is 1. The number of carbonyl (C=O) groups excluding carboxylic acids is 2. The molecule has 2 aromatic rings. The lowest BCUT2D eigenvalue weighted by molar-refractivity contribution is -0.151. The van der Waals surface area contributed by atoms with Gasteiger partial charge in [0.2, 0.25) is 0 Å². The summed E-state index contributed by atoms with van der Waals surface area (Å²) >= 11 is 0. The van der Waals surface area contributed by atoms with Gasteiger partial charge in [0.1, 0.15) is 12.7 Å². The Labute approximate surface area is 157 Å². The highest BCUT2D eigenvalue weighted by molar-refractivity contribution is 5.88. The van der Waals surface area contributed by atoms with Crippen molar-refractivity contribution in [2.75, 3.05) is 19.8 Å². The van der Waals surface area contributed by atoms with Crippen molar-refractivity contribution < 1.29 is 23.8 Å². The Morgan fingerprint density at radius 2 is 1.74 bits per heavy atom. The van der Waals surface area contributed by atoms with Crippen LogP contribution in [0.5, 0.6) is 11.5 Å². The van der Waals surface area contributed by atoms with E-state index in [1.54, 1.807) is 0 Å². The van der Waals surface area contributed by atoms with Crippen LogP contribution in [0.3, 0.4) is 0 Å². The molecule has 4 rings (SSSR count). The summed E-state index contributed by atoms with van der Waals surface area (Å²) < 4.78 is 16.6. The van der Waals surface area contributed by atoms with E-state index in [0.29, 0.717) is 18.1 Å². The van der Waals surface area contributed by atoms with Gasteiger partial charge in [0, 0.05) is 0 Å². The Hall–Kier alpha value is -3.02. The van der Waals surface area contributed by atoms with Crippen molar-refractivity contribution in [1.82, 2.24) is 5.32 Å². The lowest BCUT2D eigenvalue weighted by Gasteiger charge is -2.26. The Morgan fingerprint density at radius 3 is 2.48 bits per heavy atom. The zero-order valence-corrected chi connectivity index (χ0v) is 14.9. The van der Waals surface area contributed by atoms with E-state index in [2.05, 4.69) is 5.32 Å². The first-order valence-electron chi connectivity index (χ1n) is 9.05. The second-order valence-electron chi connectivity index (χ2n) is 6.83. The van der Waals surface area contributed by atoms with E-state index < -0.39 is 5.41 Å². The number of nitrogens with one attached hydrogen (secondary N) is 1. The highest BCUT2D eigenvalue weighted by Gasteiger charge is 2.52. The van der Waals surface area contributed by atoms with E-state index >= 15 is 0 Å². The van der Waals surface area contributed by atoms with Crippen molar-refractivity contribution in [3.05, 3.63) is 60.2 Å². The molecule has 1 aliphatic heterocycles. The van der Waals surface area contributed by atoms with Crippen LogP contribution in [0, 0.1) is 0 Å². The molecule has 0 spiro atoms. The molecule has 1 heterocycles. The van der Waals surface area contributed by atoms with E-state index in [-0.39, 0.29) is 31.1 Å². The molecule has 2 aromatic carbocycles. The van der Waals surface area contributed by atoms with Crippen molar-refractivity contribution in [3.8, 4) is 11.5 Å². The molecule has 6 heteroatoms. The predicted octanol–water partition coefficient (Wildman–Crippen LogP) is 2.22. The van der Waals surface area contributed by atoms with Gasteiger partial charge in [-0.3, -0.25) is 9.59 Å². The molecule has 1 amide bonds. The molecule has 140 valence electrons. The molecule has 0 radical (unpaired) electrons. The van der Waals surface area contributed by atoms with E-state index in [9.17, 15) is 9.59 Å². The average Bonchev–Trinajstić information content (AvgIpc) is 3.53. The quantitative estimate of drug-likeness (QED) is 0.793. The summed E-state index contributed by atoms with van der Waals surface area (Å²) in [6.45, 7) is 0.348. The van der Waals surface area contributed by atoms with Crippen LogP contribution in [-0.2, 0) is 19.7 Å². The molecular weight excluding hydrogens is 346 g/mol. The topological polar surface area (TPSA) is 73.9 Å². The zero-order chi connectivity index (χ0) is 18.7. The van der Waals surface area contributed by atoms with Crippen LogP contribution in [0.15, 0.2) is 54.6 Å². The molecule has 6 nitrogen and oxygen atoms in total. The van der Waals surface area contributed by atoms with Gasteiger partial charge in [0.15, 0.2) is 18.1 Å². The highest BCUT2D eigenvalue weighted by atomic mass is 16.6. The first-order valence-corrected chi connectivity index (χ1v) is 9.05. The predicted molar refractivity (Wildman–Crippen MR) is 97.7 cm³/mol. The molecule has 27 heavy (non-hydrogen) atoms. The molecule has 0 aromatic heterocycles. The lowest BCUT2D eigenvalue weighted by atomic mass is 9.96. The first kappa shape index (κ1) is 17.4. The maximum absolute atomic E-state index is 12.4. The number of ether oxygens (including phenoxy) is 3. The van der Waals surface area contributed by atoms with Crippen molar-refractivity contribution in [1.29, 1.82) is 0 Å². The number of esters is 1. The SMILES string of the molecule is O=C(COC(=O)C1(c2ccccc2)CC1)NCC1COc2ccccc2O1.